The fourth-order valence-electron chi connectivity index (χ4n) is 17.1. The highest BCUT2D eigenvalue weighted by Gasteiger charge is 2.46. The highest BCUT2D eigenvalue weighted by Crippen LogP contribution is 2.58. The van der Waals surface area contributed by atoms with Crippen molar-refractivity contribution in [2.75, 3.05) is 9.80 Å². The van der Waals surface area contributed by atoms with Crippen molar-refractivity contribution in [3.8, 4) is 55.9 Å². The molecule has 0 saturated carbocycles. The van der Waals surface area contributed by atoms with Crippen molar-refractivity contribution in [2.24, 2.45) is 0 Å². The summed E-state index contributed by atoms with van der Waals surface area (Å²) in [7, 11) is 0. The van der Waals surface area contributed by atoms with Gasteiger partial charge in [-0.1, -0.05) is 287 Å². The lowest BCUT2D eigenvalue weighted by molar-refractivity contribution is 0.660. The molecule has 104 heavy (non-hydrogen) atoms. The normalized spacial score (nSPS) is 12.9. The number of para-hydroxylation sites is 5. The Kier molecular flexibility index (Phi) is 15.1. The van der Waals surface area contributed by atoms with Crippen molar-refractivity contribution in [1.82, 2.24) is 9.13 Å². The number of nitrogens with zero attached hydrogens (tertiary/aromatic N) is 4. The van der Waals surface area contributed by atoms with Crippen LogP contribution in [0.15, 0.2) is 400 Å². The van der Waals surface area contributed by atoms with E-state index in [-0.39, 0.29) is 5.41 Å². The molecule has 16 aromatic carbocycles. The molecule has 0 radical (unpaired) electrons. The second-order valence-corrected chi connectivity index (χ2v) is 27.9. The average Bonchev–Trinajstić information content (AvgIpc) is 1.50. The van der Waals surface area contributed by atoms with Crippen LogP contribution in [0.1, 0.15) is 47.2 Å². The van der Waals surface area contributed by atoms with Gasteiger partial charge >= 0.3 is 0 Å². The molecule has 2 heterocycles. The van der Waals surface area contributed by atoms with Gasteiger partial charge in [-0.15, -0.1) is 0 Å². The Morgan fingerprint density at radius 1 is 0.212 bits per heavy atom. The van der Waals surface area contributed by atoms with Crippen LogP contribution in [0.5, 0.6) is 0 Å². The summed E-state index contributed by atoms with van der Waals surface area (Å²) in [4.78, 5) is 4.81. The van der Waals surface area contributed by atoms with Crippen molar-refractivity contribution in [3.05, 3.63) is 434 Å². The summed E-state index contributed by atoms with van der Waals surface area (Å²) in [6, 6.07) is 146. The summed E-state index contributed by atoms with van der Waals surface area (Å²) in [6.45, 7) is 4.70. The first kappa shape index (κ1) is 61.8. The summed E-state index contributed by atoms with van der Waals surface area (Å²) in [5, 5.41) is 4.98. The van der Waals surface area contributed by atoms with Crippen LogP contribution in [0.4, 0.5) is 34.1 Å². The van der Waals surface area contributed by atoms with Gasteiger partial charge < -0.3 is 18.9 Å². The van der Waals surface area contributed by atoms with E-state index in [4.69, 9.17) is 0 Å². The Hall–Kier alpha value is -13.3. The number of hydrogen-bond donors (Lipinski definition) is 0. The van der Waals surface area contributed by atoms with Crippen LogP contribution in [0.2, 0.25) is 0 Å². The molecule has 0 atom stereocenters. The van der Waals surface area contributed by atoms with Crippen LogP contribution in [0.3, 0.4) is 0 Å². The van der Waals surface area contributed by atoms with Crippen molar-refractivity contribution in [3.63, 3.8) is 0 Å². The zero-order valence-corrected chi connectivity index (χ0v) is 57.9. The van der Waals surface area contributed by atoms with E-state index in [0.717, 1.165) is 39.8 Å². The van der Waals surface area contributed by atoms with Crippen LogP contribution < -0.4 is 9.80 Å². The maximum atomic E-state index is 2.44. The third-order valence-electron chi connectivity index (χ3n) is 21.8. The molecule has 0 unspecified atom stereocenters. The van der Waals surface area contributed by atoms with E-state index in [1.165, 1.54) is 127 Å². The predicted octanol–water partition coefficient (Wildman–Crippen LogP) is 26.5. The maximum Gasteiger partial charge on any atom is 0.0714 e. The Balaban J connectivity index is 0.000000143. The van der Waals surface area contributed by atoms with E-state index in [1.54, 1.807) is 0 Å². The van der Waals surface area contributed by atoms with Gasteiger partial charge in [0.25, 0.3) is 0 Å². The zero-order valence-electron chi connectivity index (χ0n) is 57.9. The average molecular weight is 1330 g/mol. The van der Waals surface area contributed by atoms with Gasteiger partial charge in [-0.3, -0.25) is 0 Å². The minimum Gasteiger partial charge on any atom is -0.310 e. The highest BCUT2D eigenvalue weighted by atomic mass is 15.1. The van der Waals surface area contributed by atoms with Gasteiger partial charge in [-0.2, -0.15) is 0 Å². The van der Waals surface area contributed by atoms with E-state index in [0.29, 0.717) is 0 Å². The minimum atomic E-state index is -0.472. The van der Waals surface area contributed by atoms with E-state index in [2.05, 4.69) is 433 Å². The molecule has 20 rings (SSSR count). The van der Waals surface area contributed by atoms with E-state index < -0.39 is 5.41 Å². The summed E-state index contributed by atoms with van der Waals surface area (Å²) in [6.07, 6.45) is 0. The number of fused-ring (bicyclic) bond motifs is 12. The summed E-state index contributed by atoms with van der Waals surface area (Å²) in [5.74, 6) is 0. The molecule has 0 bridgehead atoms. The monoisotopic (exact) mass is 1330 g/mol. The molecule has 492 valence electrons. The first-order chi connectivity index (χ1) is 51.4. The van der Waals surface area contributed by atoms with Gasteiger partial charge in [0.1, 0.15) is 0 Å². The van der Waals surface area contributed by atoms with Crippen LogP contribution in [0, 0.1) is 0 Å². The summed E-state index contributed by atoms with van der Waals surface area (Å²) >= 11 is 0. The summed E-state index contributed by atoms with van der Waals surface area (Å²) in [5.41, 5.74) is 31.3. The van der Waals surface area contributed by atoms with Crippen LogP contribution in [-0.2, 0) is 10.8 Å². The Bertz CT molecular complexity index is 6180. The lowest BCUT2D eigenvalue weighted by Crippen LogP contribution is -2.28. The second kappa shape index (κ2) is 25.4. The van der Waals surface area contributed by atoms with Gasteiger partial charge in [-0.05, 0) is 205 Å². The molecule has 2 aromatic heterocycles. The Morgan fingerprint density at radius 3 is 1.11 bits per heavy atom. The first-order valence-corrected chi connectivity index (χ1v) is 36.1. The Labute approximate surface area is 607 Å². The predicted molar refractivity (Wildman–Crippen MR) is 437 cm³/mol. The summed E-state index contributed by atoms with van der Waals surface area (Å²) < 4.78 is 4.75. The largest absolute Gasteiger partial charge is 0.310 e. The maximum absolute atomic E-state index is 2.44. The number of hydrogen-bond acceptors (Lipinski definition) is 2. The van der Waals surface area contributed by atoms with Gasteiger partial charge in [0.05, 0.1) is 27.5 Å². The van der Waals surface area contributed by atoms with Crippen LogP contribution in [-0.4, -0.2) is 9.13 Å². The molecule has 2 aliphatic carbocycles. The molecule has 0 N–H and O–H groups in total. The second-order valence-electron chi connectivity index (χ2n) is 27.9. The van der Waals surface area contributed by atoms with Crippen molar-refractivity contribution < 1.29 is 0 Å². The van der Waals surface area contributed by atoms with Gasteiger partial charge in [0, 0.05) is 72.5 Å². The molecular formula is C100H72N4. The van der Waals surface area contributed by atoms with Crippen molar-refractivity contribution in [1.29, 1.82) is 0 Å². The third-order valence-corrected chi connectivity index (χ3v) is 21.8. The van der Waals surface area contributed by atoms with Crippen LogP contribution >= 0.6 is 0 Å². The van der Waals surface area contributed by atoms with Crippen molar-refractivity contribution >= 4 is 77.7 Å². The zero-order chi connectivity index (χ0) is 69.3. The van der Waals surface area contributed by atoms with Gasteiger partial charge in [-0.25, -0.2) is 0 Å². The van der Waals surface area contributed by atoms with E-state index >= 15 is 0 Å². The van der Waals surface area contributed by atoms with Crippen molar-refractivity contribution in [2.45, 2.75) is 24.7 Å². The molecule has 0 fully saturated rings. The standard InChI is InChI=1S/C51H38N2.C49H34N2/c1-51(2)47-19-11-9-17-43(47)44-31-30-42(34-48(44)51)52(40-26-21-36(22-27-40)35-13-5-3-6-14-35)41-28-23-37(24-29-41)38-25-32-50-46(33-38)45-18-10-12-20-49(45)53(50)39-15-7-4-8-16-39;1-5-17-35(18-6-1)49(36-19-7-2-8-20-36)45-27-15-13-25-41(45)42-31-29-40(34-46(42)49)50(37-21-9-3-10-22-37)39-30-32-48-44(33-39)43-26-14-16-28-47(43)51(48)38-23-11-4-12-24-38/h3-34H,1-2H3;1-34H. The van der Waals surface area contributed by atoms with E-state index in [1.807, 2.05) is 0 Å². The quantitative estimate of drug-likeness (QED) is 0.121. The smallest absolute Gasteiger partial charge is 0.0714 e. The lowest BCUT2D eigenvalue weighted by atomic mass is 9.67. The number of benzene rings is 16. The molecule has 0 saturated heterocycles. The topological polar surface area (TPSA) is 16.3 Å². The fraction of sp³-hybridized carbons (Fsp3) is 0.0400. The highest BCUT2D eigenvalue weighted by molar-refractivity contribution is 6.12. The third kappa shape index (κ3) is 10.2. The lowest BCUT2D eigenvalue weighted by Gasteiger charge is -2.35. The first-order valence-electron chi connectivity index (χ1n) is 36.1. The van der Waals surface area contributed by atoms with Crippen LogP contribution in [0.25, 0.3) is 99.5 Å². The molecule has 0 amide bonds. The number of rotatable bonds is 12. The molecule has 0 spiro atoms. The number of anilines is 6. The molecule has 4 nitrogen and oxygen atoms in total. The molecule has 18 aromatic rings. The Morgan fingerprint density at radius 2 is 0.548 bits per heavy atom. The molecular weight excluding hydrogens is 1260 g/mol. The molecule has 2 aliphatic rings. The van der Waals surface area contributed by atoms with Gasteiger partial charge in [0.2, 0.25) is 0 Å². The fourth-order valence-corrected chi connectivity index (χ4v) is 17.1. The van der Waals surface area contributed by atoms with Gasteiger partial charge in [0.15, 0.2) is 0 Å². The minimum absolute atomic E-state index is 0.0864. The molecule has 4 heteroatoms. The number of aromatic nitrogens is 2. The SMILES string of the molecule is CC1(C)c2ccccc2-c2ccc(N(c3ccc(-c4ccccc4)cc3)c3ccc(-c4ccc5c(c4)c4ccccc4n5-c4ccccc4)cc3)cc21.c1ccc(N(c2ccc3c(c2)C(c2ccccc2)(c2ccccc2)c2ccccc2-3)c2ccc3c(c2)c2ccccc2n3-c2ccccc2)cc1. The van der Waals surface area contributed by atoms with E-state index in [9.17, 15) is 0 Å². The molecule has 0 aliphatic heterocycles.